The van der Waals surface area contributed by atoms with Crippen LogP contribution >= 0.6 is 11.8 Å². The number of thioether (sulfide) groups is 1. The molecule has 2 aliphatic heterocycles. The molecule has 7 nitrogen and oxygen atoms in total. The summed E-state index contributed by atoms with van der Waals surface area (Å²) in [6.45, 7) is 6.81. The van der Waals surface area contributed by atoms with Gasteiger partial charge in [0.05, 0.1) is 22.3 Å². The second-order valence-electron chi connectivity index (χ2n) is 8.74. The van der Waals surface area contributed by atoms with Gasteiger partial charge in [-0.2, -0.15) is 10.2 Å². The molecule has 180 valence electrons. The van der Waals surface area contributed by atoms with Gasteiger partial charge in [-0.15, -0.1) is 0 Å². The van der Waals surface area contributed by atoms with E-state index in [1.54, 1.807) is 24.4 Å². The van der Waals surface area contributed by atoms with Gasteiger partial charge in [-0.1, -0.05) is 25.5 Å². The van der Waals surface area contributed by atoms with E-state index in [4.69, 9.17) is 0 Å². The molecule has 0 radical (unpaired) electrons. The van der Waals surface area contributed by atoms with E-state index in [1.165, 1.54) is 12.8 Å². The average Bonchev–Trinajstić information content (AvgIpc) is 3.18. The van der Waals surface area contributed by atoms with E-state index in [1.807, 2.05) is 24.3 Å². The SMILES string of the molecule is CCCCN1CCN(c2ccc(-c3cnnc4ccc(C=C5SC(=O)NC5=O)cc34)cc2F)CC1. The molecule has 5 rings (SSSR count). The van der Waals surface area contributed by atoms with Crippen LogP contribution in [0, 0.1) is 5.82 Å². The lowest BCUT2D eigenvalue weighted by molar-refractivity contribution is -0.115. The maximum absolute atomic E-state index is 15.3. The Morgan fingerprint density at radius 3 is 2.66 bits per heavy atom. The van der Waals surface area contributed by atoms with E-state index in [2.05, 4.69) is 32.2 Å². The van der Waals surface area contributed by atoms with Crippen LogP contribution in [0.25, 0.3) is 28.1 Å². The fourth-order valence-electron chi connectivity index (χ4n) is 4.49. The summed E-state index contributed by atoms with van der Waals surface area (Å²) < 4.78 is 15.3. The lowest BCUT2D eigenvalue weighted by Gasteiger charge is -2.36. The Morgan fingerprint density at radius 1 is 1.11 bits per heavy atom. The normalized spacial score (nSPS) is 18.0. The van der Waals surface area contributed by atoms with Gasteiger partial charge >= 0.3 is 0 Å². The number of amides is 2. The molecule has 9 heteroatoms. The van der Waals surface area contributed by atoms with Gasteiger partial charge in [0.2, 0.25) is 0 Å². The maximum atomic E-state index is 15.3. The predicted molar refractivity (Wildman–Crippen MR) is 138 cm³/mol. The Kier molecular flexibility index (Phi) is 6.79. The molecule has 0 spiro atoms. The summed E-state index contributed by atoms with van der Waals surface area (Å²) in [4.78, 5) is 28.3. The average molecular weight is 492 g/mol. The van der Waals surface area contributed by atoms with Gasteiger partial charge in [-0.3, -0.25) is 19.8 Å². The Labute approximate surface area is 207 Å². The number of carbonyl (C=O) groups is 2. The Balaban J connectivity index is 1.41. The lowest BCUT2D eigenvalue weighted by atomic mass is 10.00. The van der Waals surface area contributed by atoms with Crippen molar-refractivity contribution in [2.24, 2.45) is 0 Å². The number of imide groups is 1. The van der Waals surface area contributed by atoms with E-state index >= 15 is 4.39 Å². The molecule has 35 heavy (non-hydrogen) atoms. The molecule has 0 atom stereocenters. The van der Waals surface area contributed by atoms with E-state index in [9.17, 15) is 9.59 Å². The number of nitrogens with one attached hydrogen (secondary N) is 1. The fraction of sp³-hybridized carbons (Fsp3) is 0.308. The summed E-state index contributed by atoms with van der Waals surface area (Å²) >= 11 is 0.872. The van der Waals surface area contributed by atoms with Crippen molar-refractivity contribution in [2.75, 3.05) is 37.6 Å². The zero-order chi connectivity index (χ0) is 24.4. The van der Waals surface area contributed by atoms with Crippen LogP contribution in [0.2, 0.25) is 0 Å². The zero-order valence-electron chi connectivity index (χ0n) is 19.5. The first-order chi connectivity index (χ1) is 17.0. The molecule has 0 bridgehead atoms. The number of halogens is 1. The van der Waals surface area contributed by atoms with E-state index < -0.39 is 5.91 Å². The highest BCUT2D eigenvalue weighted by Gasteiger charge is 2.25. The highest BCUT2D eigenvalue weighted by atomic mass is 32.2. The van der Waals surface area contributed by atoms with Gasteiger partial charge in [0.15, 0.2) is 0 Å². The number of unbranched alkanes of at least 4 members (excludes halogenated alkanes) is 1. The molecule has 2 aliphatic rings. The number of hydrogen-bond acceptors (Lipinski definition) is 7. The van der Waals surface area contributed by atoms with Crippen molar-refractivity contribution < 1.29 is 14.0 Å². The summed E-state index contributed by atoms with van der Waals surface area (Å²) in [6, 6.07) is 10.8. The zero-order valence-corrected chi connectivity index (χ0v) is 20.3. The molecule has 2 fully saturated rings. The number of hydrogen-bond donors (Lipinski definition) is 1. The summed E-state index contributed by atoms with van der Waals surface area (Å²) in [7, 11) is 0. The van der Waals surface area contributed by atoms with Crippen LogP contribution in [-0.4, -0.2) is 59.0 Å². The number of rotatable bonds is 6. The topological polar surface area (TPSA) is 78.4 Å². The fourth-order valence-corrected chi connectivity index (χ4v) is 5.17. The number of nitrogens with zero attached hydrogens (tertiary/aromatic N) is 4. The van der Waals surface area contributed by atoms with Gasteiger partial charge in [0.25, 0.3) is 11.1 Å². The molecule has 2 amide bonds. The van der Waals surface area contributed by atoms with E-state index in [0.29, 0.717) is 21.7 Å². The van der Waals surface area contributed by atoms with Crippen molar-refractivity contribution in [3.8, 4) is 11.1 Å². The number of carbonyl (C=O) groups excluding carboxylic acids is 2. The second-order valence-corrected chi connectivity index (χ2v) is 9.75. The van der Waals surface area contributed by atoms with Gasteiger partial charge in [-0.25, -0.2) is 4.39 Å². The maximum Gasteiger partial charge on any atom is 0.290 e. The van der Waals surface area contributed by atoms with Crippen molar-refractivity contribution in [1.82, 2.24) is 20.4 Å². The largest absolute Gasteiger partial charge is 0.367 e. The van der Waals surface area contributed by atoms with Gasteiger partial charge in [0.1, 0.15) is 5.82 Å². The first-order valence-electron chi connectivity index (χ1n) is 11.8. The Hall–Kier alpha value is -3.30. The lowest BCUT2D eigenvalue weighted by Crippen LogP contribution is -2.46. The number of fused-ring (bicyclic) bond motifs is 1. The number of anilines is 1. The summed E-state index contributed by atoms with van der Waals surface area (Å²) in [5.74, 6) is -0.665. The third-order valence-corrected chi connectivity index (χ3v) is 7.21. The minimum Gasteiger partial charge on any atom is -0.367 e. The third kappa shape index (κ3) is 5.06. The molecule has 1 N–H and O–H groups in total. The molecular formula is C26H26FN5O2S. The highest BCUT2D eigenvalue weighted by Crippen LogP contribution is 2.32. The van der Waals surface area contributed by atoms with Crippen LogP contribution < -0.4 is 10.2 Å². The highest BCUT2D eigenvalue weighted by molar-refractivity contribution is 8.18. The number of benzene rings is 2. The molecule has 0 unspecified atom stereocenters. The molecular weight excluding hydrogens is 465 g/mol. The van der Waals surface area contributed by atoms with Crippen molar-refractivity contribution in [3.63, 3.8) is 0 Å². The van der Waals surface area contributed by atoms with Crippen LogP contribution in [0.5, 0.6) is 0 Å². The molecule has 3 aromatic rings. The van der Waals surface area contributed by atoms with Crippen LogP contribution in [0.4, 0.5) is 14.9 Å². The number of piperazine rings is 1. The minimum absolute atomic E-state index is 0.259. The number of aromatic nitrogens is 2. The smallest absolute Gasteiger partial charge is 0.290 e. The summed E-state index contributed by atoms with van der Waals surface area (Å²) in [5, 5.41) is 11.0. The molecule has 0 saturated carbocycles. The van der Waals surface area contributed by atoms with E-state index in [-0.39, 0.29) is 11.1 Å². The van der Waals surface area contributed by atoms with Crippen LogP contribution in [0.3, 0.4) is 0 Å². The second kappa shape index (κ2) is 10.1. The molecule has 2 saturated heterocycles. The van der Waals surface area contributed by atoms with Crippen LogP contribution in [-0.2, 0) is 4.79 Å². The first kappa shape index (κ1) is 23.4. The van der Waals surface area contributed by atoms with Crippen LogP contribution in [0.15, 0.2) is 47.5 Å². The van der Waals surface area contributed by atoms with Gasteiger partial charge < -0.3 is 4.90 Å². The first-order valence-corrected chi connectivity index (χ1v) is 12.6. The molecule has 0 aliphatic carbocycles. The Bertz CT molecular complexity index is 1320. The standard InChI is InChI=1S/C26H26FN5O2S/c1-2-3-8-31-9-11-32(12-10-31)23-7-5-18(15-21(23)27)20-16-28-30-22-6-4-17(13-19(20)22)14-24-25(33)29-26(34)35-24/h4-7,13-16H,2-3,8-12H2,1H3,(H,29,33,34). The van der Waals surface area contributed by atoms with Crippen molar-refractivity contribution >= 4 is 45.6 Å². The minimum atomic E-state index is -0.406. The van der Waals surface area contributed by atoms with Gasteiger partial charge in [-0.05, 0) is 66.2 Å². The predicted octanol–water partition coefficient (Wildman–Crippen LogP) is 4.68. The van der Waals surface area contributed by atoms with Crippen molar-refractivity contribution in [3.05, 3.63) is 58.9 Å². The quantitative estimate of drug-likeness (QED) is 0.502. The summed E-state index contributed by atoms with van der Waals surface area (Å²) in [6.07, 6.45) is 5.67. The Morgan fingerprint density at radius 2 is 1.94 bits per heavy atom. The monoisotopic (exact) mass is 491 g/mol. The molecule has 2 aromatic carbocycles. The molecule has 1 aromatic heterocycles. The van der Waals surface area contributed by atoms with Crippen molar-refractivity contribution in [1.29, 1.82) is 0 Å². The van der Waals surface area contributed by atoms with Crippen LogP contribution in [0.1, 0.15) is 25.3 Å². The third-order valence-electron chi connectivity index (χ3n) is 6.40. The van der Waals surface area contributed by atoms with Gasteiger partial charge in [0, 0.05) is 37.1 Å². The summed E-state index contributed by atoms with van der Waals surface area (Å²) in [5.41, 5.74) is 3.49. The van der Waals surface area contributed by atoms with E-state index in [0.717, 1.165) is 61.0 Å². The molecule has 3 heterocycles. The van der Waals surface area contributed by atoms with Crippen molar-refractivity contribution in [2.45, 2.75) is 19.8 Å².